The lowest BCUT2D eigenvalue weighted by Crippen LogP contribution is -2.33. The first-order valence-electron chi connectivity index (χ1n) is 8.68. The highest BCUT2D eigenvalue weighted by molar-refractivity contribution is 5.73. The molecule has 0 radical (unpaired) electrons. The van der Waals surface area contributed by atoms with Crippen LogP contribution in [0.2, 0.25) is 0 Å². The predicted molar refractivity (Wildman–Crippen MR) is 92.2 cm³/mol. The molecule has 0 aromatic heterocycles. The van der Waals surface area contributed by atoms with Crippen LogP contribution in [0.25, 0.3) is 0 Å². The van der Waals surface area contributed by atoms with Crippen LogP contribution in [0.1, 0.15) is 69.1 Å². The van der Waals surface area contributed by atoms with Crippen LogP contribution < -0.4 is 5.73 Å². The van der Waals surface area contributed by atoms with E-state index in [0.717, 1.165) is 25.7 Å². The number of hydrogen-bond donors (Lipinski definition) is 2. The van der Waals surface area contributed by atoms with Crippen LogP contribution in [0.15, 0.2) is 18.2 Å². The van der Waals surface area contributed by atoms with Gasteiger partial charge in [0.25, 0.3) is 0 Å². The van der Waals surface area contributed by atoms with Crippen LogP contribution in [0.4, 0.5) is 0 Å². The van der Waals surface area contributed by atoms with Crippen LogP contribution in [-0.2, 0) is 24.1 Å². The number of carboxylic acid groups (broad SMARTS) is 1. The lowest BCUT2D eigenvalue weighted by molar-refractivity contribution is -0.138. The van der Waals surface area contributed by atoms with Gasteiger partial charge >= 0.3 is 5.97 Å². The van der Waals surface area contributed by atoms with Gasteiger partial charge in [0.05, 0.1) is 0 Å². The lowest BCUT2D eigenvalue weighted by Gasteiger charge is -2.17. The molecule has 3 nitrogen and oxygen atoms in total. The van der Waals surface area contributed by atoms with Crippen LogP contribution >= 0.6 is 0 Å². The third-order valence-corrected chi connectivity index (χ3v) is 4.21. The molecule has 0 saturated heterocycles. The SMILES string of the molecule is CCCCCc1cccc(CCCCC)c1C[C@H](N)C(=O)O. The fraction of sp³-hybridized carbons (Fsp3) is 0.632. The van der Waals surface area contributed by atoms with Gasteiger partial charge in [-0.1, -0.05) is 57.7 Å². The highest BCUT2D eigenvalue weighted by atomic mass is 16.4. The molecule has 0 spiro atoms. The molecule has 1 aromatic carbocycles. The van der Waals surface area contributed by atoms with Crippen LogP contribution in [0.5, 0.6) is 0 Å². The van der Waals surface area contributed by atoms with E-state index in [-0.39, 0.29) is 0 Å². The number of carboxylic acids is 1. The van der Waals surface area contributed by atoms with Crippen molar-refractivity contribution in [2.45, 2.75) is 77.7 Å². The minimum absolute atomic E-state index is 0.444. The molecule has 0 bridgehead atoms. The smallest absolute Gasteiger partial charge is 0.320 e. The fourth-order valence-electron chi connectivity index (χ4n) is 2.86. The average molecular weight is 305 g/mol. The van der Waals surface area contributed by atoms with E-state index in [1.54, 1.807) is 0 Å². The Kier molecular flexibility index (Phi) is 8.83. The van der Waals surface area contributed by atoms with Crippen LogP contribution in [0.3, 0.4) is 0 Å². The summed E-state index contributed by atoms with van der Waals surface area (Å²) in [4.78, 5) is 11.1. The molecule has 0 heterocycles. The van der Waals surface area contributed by atoms with Crippen LogP contribution in [-0.4, -0.2) is 17.1 Å². The number of unbranched alkanes of at least 4 members (excludes halogenated alkanes) is 4. The molecule has 0 saturated carbocycles. The van der Waals surface area contributed by atoms with Gasteiger partial charge in [-0.3, -0.25) is 4.79 Å². The maximum absolute atomic E-state index is 11.1. The quantitative estimate of drug-likeness (QED) is 0.605. The van der Waals surface area contributed by atoms with Gasteiger partial charge in [-0.15, -0.1) is 0 Å². The van der Waals surface area contributed by atoms with Gasteiger partial charge in [0.2, 0.25) is 0 Å². The van der Waals surface area contributed by atoms with E-state index in [1.165, 1.54) is 42.4 Å². The number of carbonyl (C=O) groups is 1. The van der Waals surface area contributed by atoms with E-state index in [2.05, 4.69) is 32.0 Å². The molecule has 1 rings (SSSR count). The van der Waals surface area contributed by atoms with Gasteiger partial charge < -0.3 is 10.8 Å². The Balaban J connectivity index is 2.92. The summed E-state index contributed by atoms with van der Waals surface area (Å²) in [5.41, 5.74) is 9.56. The molecule has 1 atom stereocenters. The monoisotopic (exact) mass is 305 g/mol. The normalized spacial score (nSPS) is 12.3. The number of aliphatic carboxylic acids is 1. The topological polar surface area (TPSA) is 63.3 Å². The first-order valence-corrected chi connectivity index (χ1v) is 8.68. The van der Waals surface area contributed by atoms with Crippen molar-refractivity contribution in [2.75, 3.05) is 0 Å². The summed E-state index contributed by atoms with van der Waals surface area (Å²) in [6, 6.07) is 5.58. The van der Waals surface area contributed by atoms with Gasteiger partial charge in [0.1, 0.15) is 6.04 Å². The molecule has 124 valence electrons. The molecule has 0 amide bonds. The molecule has 0 aliphatic heterocycles. The summed E-state index contributed by atoms with van der Waals surface area (Å²) in [5.74, 6) is -0.914. The van der Waals surface area contributed by atoms with Crippen molar-refractivity contribution in [3.05, 3.63) is 34.9 Å². The summed E-state index contributed by atoms with van der Waals surface area (Å²) in [5, 5.41) is 9.13. The molecule has 3 heteroatoms. The van der Waals surface area contributed by atoms with Crippen molar-refractivity contribution in [2.24, 2.45) is 5.73 Å². The first kappa shape index (κ1) is 18.7. The summed E-state index contributed by atoms with van der Waals surface area (Å²) >= 11 is 0. The maximum Gasteiger partial charge on any atom is 0.320 e. The molecule has 3 N–H and O–H groups in total. The number of benzene rings is 1. The molecule has 0 unspecified atom stereocenters. The van der Waals surface area contributed by atoms with Crippen LogP contribution in [0, 0.1) is 0 Å². The van der Waals surface area contributed by atoms with E-state index in [4.69, 9.17) is 10.8 Å². The standard InChI is InChI=1S/C19H31NO2/c1-3-5-7-10-15-12-9-13-16(11-8-6-4-2)17(15)14-18(20)19(21)22/h9,12-13,18H,3-8,10-11,14,20H2,1-2H3,(H,21,22)/t18-/m0/s1. The zero-order chi connectivity index (χ0) is 16.4. The summed E-state index contributed by atoms with van der Waals surface area (Å²) < 4.78 is 0. The Bertz CT molecular complexity index is 428. The number of rotatable bonds is 11. The third kappa shape index (κ3) is 6.18. The van der Waals surface area contributed by atoms with Crippen molar-refractivity contribution in [1.82, 2.24) is 0 Å². The fourth-order valence-corrected chi connectivity index (χ4v) is 2.86. The predicted octanol–water partition coefficient (Wildman–Crippen LogP) is 4.11. The Labute approximate surface area is 134 Å². The maximum atomic E-state index is 11.1. The molecule has 0 aliphatic rings. The highest BCUT2D eigenvalue weighted by Gasteiger charge is 2.17. The van der Waals surface area contributed by atoms with E-state index >= 15 is 0 Å². The van der Waals surface area contributed by atoms with Gasteiger partial charge in [-0.05, 0) is 48.8 Å². The Hall–Kier alpha value is -1.35. The minimum atomic E-state index is -0.914. The van der Waals surface area contributed by atoms with Crippen molar-refractivity contribution >= 4 is 5.97 Å². The molecule has 0 aliphatic carbocycles. The third-order valence-electron chi connectivity index (χ3n) is 4.21. The van der Waals surface area contributed by atoms with Crippen molar-refractivity contribution in [3.8, 4) is 0 Å². The summed E-state index contributed by atoms with van der Waals surface area (Å²) in [7, 11) is 0. The van der Waals surface area contributed by atoms with Crippen molar-refractivity contribution in [3.63, 3.8) is 0 Å². The Morgan fingerprint density at radius 3 is 1.95 bits per heavy atom. The van der Waals surface area contributed by atoms with E-state index in [1.807, 2.05) is 0 Å². The Morgan fingerprint density at radius 2 is 1.55 bits per heavy atom. The zero-order valence-corrected chi connectivity index (χ0v) is 14.1. The lowest BCUT2D eigenvalue weighted by atomic mass is 9.90. The molecular weight excluding hydrogens is 274 g/mol. The number of nitrogens with two attached hydrogens (primary N) is 1. The second-order valence-corrected chi connectivity index (χ2v) is 6.12. The number of aryl methyl sites for hydroxylation is 2. The zero-order valence-electron chi connectivity index (χ0n) is 14.1. The van der Waals surface area contributed by atoms with Gasteiger partial charge in [-0.25, -0.2) is 0 Å². The second-order valence-electron chi connectivity index (χ2n) is 6.12. The van der Waals surface area contributed by atoms with E-state index in [0.29, 0.717) is 6.42 Å². The van der Waals surface area contributed by atoms with Crippen molar-refractivity contribution in [1.29, 1.82) is 0 Å². The number of hydrogen-bond acceptors (Lipinski definition) is 2. The van der Waals surface area contributed by atoms with E-state index in [9.17, 15) is 4.79 Å². The molecule has 1 aromatic rings. The molecule has 22 heavy (non-hydrogen) atoms. The first-order chi connectivity index (χ1) is 10.6. The van der Waals surface area contributed by atoms with Crippen molar-refractivity contribution < 1.29 is 9.90 Å². The highest BCUT2D eigenvalue weighted by Crippen LogP contribution is 2.21. The Morgan fingerprint density at radius 1 is 1.05 bits per heavy atom. The minimum Gasteiger partial charge on any atom is -0.480 e. The molecular formula is C19H31NO2. The largest absolute Gasteiger partial charge is 0.480 e. The average Bonchev–Trinajstić information content (AvgIpc) is 2.50. The summed E-state index contributed by atoms with van der Waals surface area (Å²) in [6.07, 6.45) is 9.62. The van der Waals surface area contributed by atoms with Gasteiger partial charge in [-0.2, -0.15) is 0 Å². The summed E-state index contributed by atoms with van der Waals surface area (Å²) in [6.45, 7) is 4.39. The van der Waals surface area contributed by atoms with Gasteiger partial charge in [0.15, 0.2) is 0 Å². The second kappa shape index (κ2) is 10.4. The van der Waals surface area contributed by atoms with E-state index < -0.39 is 12.0 Å². The van der Waals surface area contributed by atoms with Gasteiger partial charge in [0, 0.05) is 0 Å². The molecule has 0 fully saturated rings.